The van der Waals surface area contributed by atoms with E-state index in [0.29, 0.717) is 0 Å². The number of unbranched alkanes of at least 4 members (excludes halogenated alkanes) is 2. The Morgan fingerprint density at radius 2 is 1.77 bits per heavy atom. The molecule has 0 aromatic carbocycles. The molecule has 4 heteroatoms. The lowest BCUT2D eigenvalue weighted by Gasteiger charge is -2.26. The summed E-state index contributed by atoms with van der Waals surface area (Å²) in [6, 6.07) is 1.88. The lowest BCUT2D eigenvalue weighted by atomic mass is 10.2. The van der Waals surface area contributed by atoms with Crippen LogP contribution in [0.15, 0.2) is 17.1 Å². The quantitative estimate of drug-likeness (QED) is 0.712. The van der Waals surface area contributed by atoms with E-state index < -0.39 is 0 Å². The molecule has 126 valence electrons. The summed E-state index contributed by atoms with van der Waals surface area (Å²) >= 11 is 0. The Kier molecular flexibility index (Phi) is 8.25. The van der Waals surface area contributed by atoms with Gasteiger partial charge in [-0.2, -0.15) is 0 Å². The van der Waals surface area contributed by atoms with Crippen LogP contribution in [0.4, 0.5) is 0 Å². The van der Waals surface area contributed by atoms with Gasteiger partial charge in [0.1, 0.15) is 0 Å². The number of nitrogens with zero attached hydrogens (tertiary/aromatic N) is 2. The lowest BCUT2D eigenvalue weighted by Crippen LogP contribution is -2.28. The molecule has 0 aliphatic heterocycles. The number of pyridine rings is 1. The molecule has 1 N–H and O–H groups in total. The van der Waals surface area contributed by atoms with E-state index in [1.807, 2.05) is 0 Å². The second-order valence-electron chi connectivity index (χ2n) is 6.16. The minimum atomic E-state index is -0.277. The van der Waals surface area contributed by atoms with Crippen LogP contribution in [0.5, 0.6) is 5.75 Å². The van der Waals surface area contributed by atoms with Crippen molar-refractivity contribution in [3.05, 3.63) is 28.2 Å². The van der Waals surface area contributed by atoms with E-state index in [-0.39, 0.29) is 17.2 Å². The van der Waals surface area contributed by atoms with Crippen LogP contribution in [0, 0.1) is 0 Å². The van der Waals surface area contributed by atoms with E-state index >= 15 is 0 Å². The summed E-state index contributed by atoms with van der Waals surface area (Å²) in [5, 5.41) is 9.74. The molecular formula is C18H32N2O2. The summed E-state index contributed by atoms with van der Waals surface area (Å²) in [5.41, 5.74) is 0.727. The molecule has 0 radical (unpaired) electrons. The molecular weight excluding hydrogens is 276 g/mol. The van der Waals surface area contributed by atoms with Crippen molar-refractivity contribution in [2.24, 2.45) is 0 Å². The lowest BCUT2D eigenvalue weighted by molar-refractivity contribution is 0.247. The maximum Gasteiger partial charge on any atom is 0.223 e. The molecule has 0 amide bonds. The molecule has 0 bridgehead atoms. The summed E-state index contributed by atoms with van der Waals surface area (Å²) in [5.74, 6) is -0.155. The van der Waals surface area contributed by atoms with E-state index in [9.17, 15) is 9.90 Å². The summed E-state index contributed by atoms with van der Waals surface area (Å²) in [6.45, 7) is 11.5. The van der Waals surface area contributed by atoms with Crippen LogP contribution in [0.25, 0.3) is 0 Å². The van der Waals surface area contributed by atoms with Crippen molar-refractivity contribution in [3.8, 4) is 5.75 Å². The van der Waals surface area contributed by atoms with Gasteiger partial charge in [-0.05, 0) is 39.3 Å². The molecule has 0 saturated carbocycles. The third kappa shape index (κ3) is 5.48. The first-order valence-corrected chi connectivity index (χ1v) is 8.69. The molecule has 1 rings (SSSR count). The summed E-state index contributed by atoms with van der Waals surface area (Å²) in [4.78, 5) is 14.3. The Labute approximate surface area is 134 Å². The Balaban J connectivity index is 3.00. The van der Waals surface area contributed by atoms with Gasteiger partial charge in [-0.1, -0.05) is 33.6 Å². The number of aromatic hydroxyl groups is 1. The average Bonchev–Trinajstić information content (AvgIpc) is 2.52. The minimum Gasteiger partial charge on any atom is -0.503 e. The Morgan fingerprint density at radius 1 is 1.18 bits per heavy atom. The van der Waals surface area contributed by atoms with E-state index in [4.69, 9.17) is 0 Å². The summed E-state index contributed by atoms with van der Waals surface area (Å²) < 4.78 is 2.06. The van der Waals surface area contributed by atoms with E-state index in [0.717, 1.165) is 31.7 Å². The molecule has 4 nitrogen and oxygen atoms in total. The van der Waals surface area contributed by atoms with Gasteiger partial charge in [-0.3, -0.25) is 9.69 Å². The van der Waals surface area contributed by atoms with Crippen LogP contribution < -0.4 is 5.43 Å². The first-order chi connectivity index (χ1) is 10.5. The van der Waals surface area contributed by atoms with Crippen molar-refractivity contribution >= 4 is 0 Å². The standard InChI is InChI=1S/C18H32N2O2/c1-5-8-10-19(11-9-6-2)13-16-12-17(21)18(22)14-20(16)15(4)7-3/h12,14-15,22H,5-11,13H2,1-4H3. The maximum atomic E-state index is 11.8. The van der Waals surface area contributed by atoms with Crippen LogP contribution in [0.3, 0.4) is 0 Å². The SMILES string of the molecule is CCCCN(CCCC)Cc1cc(=O)c(O)cn1C(C)CC. The molecule has 0 fully saturated rings. The van der Waals surface area contributed by atoms with Gasteiger partial charge in [0.15, 0.2) is 5.75 Å². The monoisotopic (exact) mass is 308 g/mol. The van der Waals surface area contributed by atoms with Crippen LogP contribution in [-0.2, 0) is 6.54 Å². The van der Waals surface area contributed by atoms with E-state index in [1.54, 1.807) is 12.3 Å². The van der Waals surface area contributed by atoms with Gasteiger partial charge in [-0.15, -0.1) is 0 Å². The van der Waals surface area contributed by atoms with Gasteiger partial charge < -0.3 is 9.67 Å². The smallest absolute Gasteiger partial charge is 0.223 e. The molecule has 1 unspecified atom stereocenters. The fourth-order valence-corrected chi connectivity index (χ4v) is 2.57. The maximum absolute atomic E-state index is 11.8. The van der Waals surface area contributed by atoms with Gasteiger partial charge in [-0.25, -0.2) is 0 Å². The first-order valence-electron chi connectivity index (χ1n) is 8.69. The van der Waals surface area contributed by atoms with Crippen LogP contribution in [0.2, 0.25) is 0 Å². The minimum absolute atomic E-state index is 0.155. The fourth-order valence-electron chi connectivity index (χ4n) is 2.57. The molecule has 22 heavy (non-hydrogen) atoms. The third-order valence-electron chi connectivity index (χ3n) is 4.25. The second-order valence-corrected chi connectivity index (χ2v) is 6.16. The Morgan fingerprint density at radius 3 is 2.27 bits per heavy atom. The highest BCUT2D eigenvalue weighted by atomic mass is 16.3. The zero-order chi connectivity index (χ0) is 16.5. The molecule has 1 heterocycles. The van der Waals surface area contributed by atoms with Gasteiger partial charge in [0.25, 0.3) is 0 Å². The zero-order valence-corrected chi connectivity index (χ0v) is 14.6. The molecule has 1 aromatic heterocycles. The van der Waals surface area contributed by atoms with Crippen LogP contribution in [0.1, 0.15) is 71.5 Å². The van der Waals surface area contributed by atoms with Gasteiger partial charge in [0, 0.05) is 24.3 Å². The van der Waals surface area contributed by atoms with E-state index in [2.05, 4.69) is 37.2 Å². The number of hydrogen-bond acceptors (Lipinski definition) is 3. The Bertz CT molecular complexity index is 488. The van der Waals surface area contributed by atoms with Crippen LogP contribution in [-0.4, -0.2) is 27.7 Å². The third-order valence-corrected chi connectivity index (χ3v) is 4.25. The van der Waals surface area contributed by atoms with Gasteiger partial charge in [0.05, 0.1) is 6.20 Å². The normalized spacial score (nSPS) is 12.8. The van der Waals surface area contributed by atoms with Crippen molar-refractivity contribution in [3.63, 3.8) is 0 Å². The predicted octanol–water partition coefficient (Wildman–Crippen LogP) is 3.93. The van der Waals surface area contributed by atoms with Gasteiger partial charge >= 0.3 is 0 Å². The molecule has 0 spiro atoms. The molecule has 0 saturated heterocycles. The second kappa shape index (κ2) is 9.67. The first kappa shape index (κ1) is 18.8. The predicted molar refractivity (Wildman–Crippen MR) is 92.5 cm³/mol. The number of aromatic nitrogens is 1. The highest BCUT2D eigenvalue weighted by Gasteiger charge is 2.13. The summed E-state index contributed by atoms with van der Waals surface area (Å²) in [7, 11) is 0. The van der Waals surface area contributed by atoms with Crippen molar-refractivity contribution in [1.29, 1.82) is 0 Å². The van der Waals surface area contributed by atoms with Gasteiger partial charge in [0.2, 0.25) is 5.43 Å². The van der Waals surface area contributed by atoms with E-state index in [1.165, 1.54) is 25.7 Å². The highest BCUT2D eigenvalue weighted by Crippen LogP contribution is 2.17. The average molecular weight is 308 g/mol. The molecule has 0 aliphatic carbocycles. The zero-order valence-electron chi connectivity index (χ0n) is 14.6. The highest BCUT2D eigenvalue weighted by molar-refractivity contribution is 5.21. The van der Waals surface area contributed by atoms with Crippen molar-refractivity contribution in [1.82, 2.24) is 9.47 Å². The summed E-state index contributed by atoms with van der Waals surface area (Å²) in [6.07, 6.45) is 7.28. The topological polar surface area (TPSA) is 45.5 Å². The molecule has 0 aliphatic rings. The van der Waals surface area contributed by atoms with Crippen molar-refractivity contribution in [2.45, 2.75) is 72.4 Å². The van der Waals surface area contributed by atoms with Crippen molar-refractivity contribution < 1.29 is 5.11 Å². The van der Waals surface area contributed by atoms with Crippen molar-refractivity contribution in [2.75, 3.05) is 13.1 Å². The molecule has 1 atom stereocenters. The largest absolute Gasteiger partial charge is 0.503 e. The Hall–Kier alpha value is -1.29. The molecule has 1 aromatic rings. The van der Waals surface area contributed by atoms with Crippen LogP contribution >= 0.6 is 0 Å². The number of rotatable bonds is 10. The fraction of sp³-hybridized carbons (Fsp3) is 0.722. The number of hydrogen-bond donors (Lipinski definition) is 1.